The molecule has 1 unspecified atom stereocenters. The Hall–Kier alpha value is -2.61. The van der Waals surface area contributed by atoms with Crippen LogP contribution in [0.15, 0.2) is 22.7 Å². The molecule has 1 aromatic heterocycles. The number of rotatable bonds is 8. The topological polar surface area (TPSA) is 87.8 Å². The second kappa shape index (κ2) is 8.66. The second-order valence-electron chi connectivity index (χ2n) is 6.29. The molecular formula is C18H24FN3O4. The average Bonchev–Trinajstić information content (AvgIpc) is 3.07. The summed E-state index contributed by atoms with van der Waals surface area (Å²) in [5.41, 5.74) is 0.748. The number of methoxy groups -OCH3 is 1. The van der Waals surface area contributed by atoms with Gasteiger partial charge in [-0.25, -0.2) is 4.39 Å². The lowest BCUT2D eigenvalue weighted by molar-refractivity contribution is 0.0950. The van der Waals surface area contributed by atoms with E-state index in [0.717, 1.165) is 0 Å². The first-order valence-electron chi connectivity index (χ1n) is 8.29. The van der Waals surface area contributed by atoms with Gasteiger partial charge >= 0.3 is 0 Å². The molecule has 0 radical (unpaired) electrons. The Morgan fingerprint density at radius 2 is 2.19 bits per heavy atom. The molecule has 2 rings (SSSR count). The minimum atomic E-state index is -0.507. The van der Waals surface area contributed by atoms with Crippen LogP contribution in [0.1, 0.15) is 23.7 Å². The third-order valence-corrected chi connectivity index (χ3v) is 3.97. The Morgan fingerprint density at radius 1 is 1.46 bits per heavy atom. The SMILES string of the molecule is COc1cc(-c2onc(N(C)C)c2C(=O)NCCC(C)CO)ccc1F. The smallest absolute Gasteiger partial charge is 0.259 e. The number of carbonyl (C=O) groups is 1. The van der Waals surface area contributed by atoms with Crippen molar-refractivity contribution in [2.24, 2.45) is 5.92 Å². The lowest BCUT2D eigenvalue weighted by Gasteiger charge is -2.12. The number of aliphatic hydroxyl groups excluding tert-OH is 1. The van der Waals surface area contributed by atoms with Gasteiger partial charge in [-0.3, -0.25) is 4.79 Å². The van der Waals surface area contributed by atoms with Crippen molar-refractivity contribution in [2.45, 2.75) is 13.3 Å². The summed E-state index contributed by atoms with van der Waals surface area (Å²) >= 11 is 0. The normalized spacial score (nSPS) is 11.9. The van der Waals surface area contributed by atoms with E-state index in [1.807, 2.05) is 6.92 Å². The largest absolute Gasteiger partial charge is 0.494 e. The van der Waals surface area contributed by atoms with Crippen LogP contribution in [0.25, 0.3) is 11.3 Å². The zero-order valence-electron chi connectivity index (χ0n) is 15.4. The Kier molecular flexibility index (Phi) is 6.57. The first kappa shape index (κ1) is 19.7. The van der Waals surface area contributed by atoms with Crippen LogP contribution in [0.4, 0.5) is 10.2 Å². The van der Waals surface area contributed by atoms with Gasteiger partial charge in [0.25, 0.3) is 5.91 Å². The number of ether oxygens (including phenoxy) is 1. The molecule has 1 aromatic carbocycles. The van der Waals surface area contributed by atoms with Gasteiger partial charge < -0.3 is 24.6 Å². The number of benzene rings is 1. The van der Waals surface area contributed by atoms with E-state index in [9.17, 15) is 9.18 Å². The number of aliphatic hydroxyl groups is 1. The van der Waals surface area contributed by atoms with Gasteiger partial charge in [-0.1, -0.05) is 12.1 Å². The van der Waals surface area contributed by atoms with Crippen LogP contribution in [0.5, 0.6) is 5.75 Å². The number of anilines is 1. The maximum atomic E-state index is 13.7. The van der Waals surface area contributed by atoms with Crippen LogP contribution in [0.3, 0.4) is 0 Å². The molecule has 0 aliphatic rings. The summed E-state index contributed by atoms with van der Waals surface area (Å²) in [5.74, 6) is -0.109. The molecule has 1 atom stereocenters. The first-order valence-corrected chi connectivity index (χ1v) is 8.29. The summed E-state index contributed by atoms with van der Waals surface area (Å²) in [5, 5.41) is 15.9. The molecule has 0 saturated carbocycles. The van der Waals surface area contributed by atoms with Crippen molar-refractivity contribution in [3.05, 3.63) is 29.6 Å². The molecule has 0 aliphatic heterocycles. The minimum absolute atomic E-state index is 0.0495. The average molecular weight is 365 g/mol. The number of hydrogen-bond acceptors (Lipinski definition) is 6. The molecule has 26 heavy (non-hydrogen) atoms. The van der Waals surface area contributed by atoms with Crippen molar-refractivity contribution in [1.82, 2.24) is 10.5 Å². The summed E-state index contributed by atoms with van der Waals surface area (Å²) in [6.45, 7) is 2.37. The van der Waals surface area contributed by atoms with Gasteiger partial charge in [0.05, 0.1) is 7.11 Å². The zero-order valence-corrected chi connectivity index (χ0v) is 15.4. The third kappa shape index (κ3) is 4.32. The molecule has 142 valence electrons. The Bertz CT molecular complexity index is 761. The van der Waals surface area contributed by atoms with Crippen LogP contribution in [-0.2, 0) is 0 Å². The van der Waals surface area contributed by atoms with E-state index >= 15 is 0 Å². The van der Waals surface area contributed by atoms with Crippen LogP contribution >= 0.6 is 0 Å². The van der Waals surface area contributed by atoms with Crippen LogP contribution in [-0.4, -0.2) is 50.5 Å². The van der Waals surface area contributed by atoms with Crippen LogP contribution < -0.4 is 15.0 Å². The molecule has 8 heteroatoms. The minimum Gasteiger partial charge on any atom is -0.494 e. The summed E-state index contributed by atoms with van der Waals surface area (Å²) in [4.78, 5) is 14.4. The highest BCUT2D eigenvalue weighted by molar-refractivity contribution is 6.04. The Labute approximate surface area is 151 Å². The Balaban J connectivity index is 2.35. The third-order valence-electron chi connectivity index (χ3n) is 3.97. The van der Waals surface area contributed by atoms with Gasteiger partial charge in [0.2, 0.25) is 0 Å². The van der Waals surface area contributed by atoms with E-state index in [1.165, 1.54) is 25.3 Å². The van der Waals surface area contributed by atoms with E-state index in [0.29, 0.717) is 24.3 Å². The first-order chi connectivity index (χ1) is 12.4. The molecule has 0 spiro atoms. The monoisotopic (exact) mass is 365 g/mol. The highest BCUT2D eigenvalue weighted by Gasteiger charge is 2.26. The van der Waals surface area contributed by atoms with Gasteiger partial charge in [-0.2, -0.15) is 0 Å². The van der Waals surface area contributed by atoms with Gasteiger partial charge in [0.1, 0.15) is 5.56 Å². The van der Waals surface area contributed by atoms with Crippen molar-refractivity contribution in [1.29, 1.82) is 0 Å². The molecule has 7 nitrogen and oxygen atoms in total. The summed E-state index contributed by atoms with van der Waals surface area (Å²) < 4.78 is 24.1. The maximum absolute atomic E-state index is 13.7. The quantitative estimate of drug-likeness (QED) is 0.746. The second-order valence-corrected chi connectivity index (χ2v) is 6.29. The number of aromatic nitrogens is 1. The number of carbonyl (C=O) groups excluding carboxylic acids is 1. The van der Waals surface area contributed by atoms with E-state index in [1.54, 1.807) is 19.0 Å². The number of amides is 1. The van der Waals surface area contributed by atoms with Crippen molar-refractivity contribution in [3.63, 3.8) is 0 Å². The fraction of sp³-hybridized carbons (Fsp3) is 0.444. The molecule has 0 bridgehead atoms. The number of halogens is 1. The Morgan fingerprint density at radius 3 is 2.81 bits per heavy atom. The fourth-order valence-electron chi connectivity index (χ4n) is 2.40. The predicted octanol–water partition coefficient (Wildman–Crippen LogP) is 2.30. The lowest BCUT2D eigenvalue weighted by atomic mass is 10.1. The highest BCUT2D eigenvalue weighted by Crippen LogP contribution is 2.33. The predicted molar refractivity (Wildman–Crippen MR) is 96.0 cm³/mol. The van der Waals surface area contributed by atoms with Crippen molar-refractivity contribution in [2.75, 3.05) is 39.3 Å². The molecule has 0 saturated heterocycles. The lowest BCUT2D eigenvalue weighted by Crippen LogP contribution is -2.28. The van der Waals surface area contributed by atoms with E-state index in [4.69, 9.17) is 14.4 Å². The fourth-order valence-corrected chi connectivity index (χ4v) is 2.40. The van der Waals surface area contributed by atoms with Gasteiger partial charge in [0.15, 0.2) is 23.1 Å². The summed E-state index contributed by atoms with van der Waals surface area (Å²) in [6, 6.07) is 4.21. The van der Waals surface area contributed by atoms with Crippen molar-refractivity contribution >= 4 is 11.7 Å². The number of nitrogens with one attached hydrogen (secondary N) is 1. The van der Waals surface area contributed by atoms with Crippen LogP contribution in [0, 0.1) is 11.7 Å². The van der Waals surface area contributed by atoms with Crippen molar-refractivity contribution in [3.8, 4) is 17.1 Å². The number of nitrogens with zero attached hydrogens (tertiary/aromatic N) is 2. The summed E-state index contributed by atoms with van der Waals surface area (Å²) in [7, 11) is 4.86. The molecule has 0 fully saturated rings. The number of hydrogen-bond donors (Lipinski definition) is 2. The van der Waals surface area contributed by atoms with Gasteiger partial charge in [0, 0.05) is 32.8 Å². The van der Waals surface area contributed by atoms with E-state index in [2.05, 4.69) is 10.5 Å². The van der Waals surface area contributed by atoms with Crippen molar-refractivity contribution < 1.29 is 23.6 Å². The highest BCUT2D eigenvalue weighted by atomic mass is 19.1. The molecule has 1 amide bonds. The standard InChI is InChI=1S/C18H24FN3O4/c1-11(10-23)7-8-20-18(24)15-16(26-21-17(15)22(2)3)12-5-6-13(19)14(9-12)25-4/h5-6,9,11,23H,7-8,10H2,1-4H3,(H,20,24). The molecule has 2 N–H and O–H groups in total. The zero-order chi connectivity index (χ0) is 19.3. The molecule has 1 heterocycles. The molecule has 0 aliphatic carbocycles. The van der Waals surface area contributed by atoms with E-state index in [-0.39, 0.29) is 35.5 Å². The molecule has 2 aromatic rings. The van der Waals surface area contributed by atoms with Crippen LogP contribution in [0.2, 0.25) is 0 Å². The maximum Gasteiger partial charge on any atom is 0.259 e. The van der Waals surface area contributed by atoms with Gasteiger partial charge in [-0.05, 0) is 30.5 Å². The van der Waals surface area contributed by atoms with E-state index < -0.39 is 5.82 Å². The van der Waals surface area contributed by atoms with Gasteiger partial charge in [-0.15, -0.1) is 0 Å². The summed E-state index contributed by atoms with van der Waals surface area (Å²) in [6.07, 6.45) is 0.643. The molecular weight excluding hydrogens is 341 g/mol.